The first-order valence-corrected chi connectivity index (χ1v) is 7.78. The normalized spacial score (nSPS) is 22.8. The number of sulfone groups is 1. The van der Waals surface area contributed by atoms with Gasteiger partial charge >= 0.3 is 0 Å². The van der Waals surface area contributed by atoms with Crippen molar-refractivity contribution < 1.29 is 8.42 Å². The smallest absolute Gasteiger partial charge is 0.151 e. The molecule has 1 N–H and O–H groups in total. The molecule has 1 saturated heterocycles. The summed E-state index contributed by atoms with van der Waals surface area (Å²) in [6.45, 7) is 4.92. The molecule has 1 fully saturated rings. The summed E-state index contributed by atoms with van der Waals surface area (Å²) in [6.07, 6.45) is 0.743. The number of hydrogen-bond donors (Lipinski definition) is 1. The topological polar surface area (TPSA) is 46.2 Å². The quantitative estimate of drug-likeness (QED) is 0.889. The van der Waals surface area contributed by atoms with Gasteiger partial charge in [0, 0.05) is 12.6 Å². The highest BCUT2D eigenvalue weighted by atomic mass is 32.2. The third-order valence-corrected chi connectivity index (χ3v) is 5.09. The molecule has 4 heteroatoms. The van der Waals surface area contributed by atoms with Crippen LogP contribution in [0.15, 0.2) is 18.2 Å². The third kappa shape index (κ3) is 3.30. The van der Waals surface area contributed by atoms with E-state index in [9.17, 15) is 8.42 Å². The first-order valence-electron chi connectivity index (χ1n) is 5.96. The Labute approximate surface area is 103 Å². The van der Waals surface area contributed by atoms with Crippen molar-refractivity contribution in [2.75, 3.05) is 11.5 Å². The average molecular weight is 253 g/mol. The van der Waals surface area contributed by atoms with Gasteiger partial charge in [0.15, 0.2) is 9.84 Å². The van der Waals surface area contributed by atoms with Crippen molar-refractivity contribution in [3.8, 4) is 0 Å². The molecule has 17 heavy (non-hydrogen) atoms. The molecule has 1 aliphatic rings. The summed E-state index contributed by atoms with van der Waals surface area (Å²) in [5.41, 5.74) is 3.75. The van der Waals surface area contributed by atoms with Gasteiger partial charge in [0.1, 0.15) is 0 Å². The third-order valence-electron chi connectivity index (χ3n) is 3.32. The van der Waals surface area contributed by atoms with Crippen LogP contribution in [0, 0.1) is 13.8 Å². The molecule has 1 aromatic carbocycles. The number of hydrogen-bond acceptors (Lipinski definition) is 3. The van der Waals surface area contributed by atoms with Gasteiger partial charge < -0.3 is 5.32 Å². The number of benzene rings is 1. The maximum Gasteiger partial charge on any atom is 0.151 e. The molecule has 0 aliphatic carbocycles. The summed E-state index contributed by atoms with van der Waals surface area (Å²) in [5, 5.41) is 3.34. The lowest BCUT2D eigenvalue weighted by atomic mass is 10.1. The molecule has 94 valence electrons. The van der Waals surface area contributed by atoms with Crippen LogP contribution in [0.1, 0.15) is 23.1 Å². The summed E-state index contributed by atoms with van der Waals surface area (Å²) < 4.78 is 22.7. The van der Waals surface area contributed by atoms with E-state index in [4.69, 9.17) is 0 Å². The maximum absolute atomic E-state index is 11.3. The second-order valence-corrected chi connectivity index (χ2v) is 7.14. The number of nitrogens with one attached hydrogen (secondary N) is 1. The Kier molecular flexibility index (Phi) is 3.54. The Bertz CT molecular complexity index is 508. The van der Waals surface area contributed by atoms with E-state index in [0.29, 0.717) is 5.75 Å². The summed E-state index contributed by atoms with van der Waals surface area (Å²) in [7, 11) is -2.78. The fraction of sp³-hybridized carbons (Fsp3) is 0.538. The molecule has 0 amide bonds. The van der Waals surface area contributed by atoms with Crippen LogP contribution in [0.3, 0.4) is 0 Å². The van der Waals surface area contributed by atoms with Gasteiger partial charge in [0.25, 0.3) is 0 Å². The molecule has 1 atom stereocenters. The summed E-state index contributed by atoms with van der Waals surface area (Å²) in [4.78, 5) is 0. The van der Waals surface area contributed by atoms with Gasteiger partial charge in [-0.2, -0.15) is 0 Å². The van der Waals surface area contributed by atoms with E-state index in [1.807, 2.05) is 0 Å². The fourth-order valence-corrected chi connectivity index (χ4v) is 3.91. The highest BCUT2D eigenvalue weighted by Crippen LogP contribution is 2.14. The first-order chi connectivity index (χ1) is 7.96. The van der Waals surface area contributed by atoms with E-state index in [0.717, 1.165) is 13.0 Å². The zero-order valence-corrected chi connectivity index (χ0v) is 11.2. The predicted octanol–water partition coefficient (Wildman–Crippen LogP) is 1.58. The Morgan fingerprint density at radius 2 is 2.12 bits per heavy atom. The van der Waals surface area contributed by atoms with Crippen molar-refractivity contribution in [1.29, 1.82) is 0 Å². The lowest BCUT2D eigenvalue weighted by molar-refractivity contribution is 0.553. The lowest BCUT2D eigenvalue weighted by Gasteiger charge is -2.13. The number of aryl methyl sites for hydroxylation is 2. The maximum atomic E-state index is 11.3. The largest absolute Gasteiger partial charge is 0.309 e. The SMILES string of the molecule is Cc1ccc(C)c(CNC2CCS(=O)(=O)C2)c1. The molecular weight excluding hydrogens is 234 g/mol. The van der Waals surface area contributed by atoms with Crippen molar-refractivity contribution in [1.82, 2.24) is 5.32 Å². The van der Waals surface area contributed by atoms with Gasteiger partial charge in [-0.3, -0.25) is 0 Å². The Morgan fingerprint density at radius 1 is 1.35 bits per heavy atom. The Hall–Kier alpha value is -0.870. The van der Waals surface area contributed by atoms with Crippen molar-refractivity contribution in [3.63, 3.8) is 0 Å². The van der Waals surface area contributed by atoms with Crippen molar-refractivity contribution >= 4 is 9.84 Å². The van der Waals surface area contributed by atoms with Gasteiger partial charge in [0.2, 0.25) is 0 Å². The van der Waals surface area contributed by atoms with Crippen LogP contribution in [0.5, 0.6) is 0 Å². The molecule has 2 rings (SSSR count). The van der Waals surface area contributed by atoms with Crippen LogP contribution in [0.4, 0.5) is 0 Å². The van der Waals surface area contributed by atoms with Gasteiger partial charge in [-0.1, -0.05) is 23.8 Å². The molecule has 0 saturated carbocycles. The molecule has 1 unspecified atom stereocenters. The van der Waals surface area contributed by atoms with Crippen LogP contribution in [0.2, 0.25) is 0 Å². The second kappa shape index (κ2) is 4.78. The van der Waals surface area contributed by atoms with E-state index in [1.54, 1.807) is 0 Å². The highest BCUT2D eigenvalue weighted by Gasteiger charge is 2.27. The second-order valence-electron chi connectivity index (χ2n) is 4.91. The Morgan fingerprint density at radius 3 is 2.76 bits per heavy atom. The minimum atomic E-state index is -2.78. The lowest BCUT2D eigenvalue weighted by Crippen LogP contribution is -2.29. The summed E-state index contributed by atoms with van der Waals surface area (Å²) in [6, 6.07) is 6.49. The molecule has 0 aromatic heterocycles. The van der Waals surface area contributed by atoms with Crippen LogP contribution in [-0.4, -0.2) is 26.0 Å². The fourth-order valence-electron chi connectivity index (χ4n) is 2.20. The zero-order chi connectivity index (χ0) is 12.5. The molecule has 1 aliphatic heterocycles. The van der Waals surface area contributed by atoms with Gasteiger partial charge in [-0.15, -0.1) is 0 Å². The monoisotopic (exact) mass is 253 g/mol. The highest BCUT2D eigenvalue weighted by molar-refractivity contribution is 7.91. The van der Waals surface area contributed by atoms with Crippen LogP contribution in [-0.2, 0) is 16.4 Å². The van der Waals surface area contributed by atoms with E-state index in [-0.39, 0.29) is 11.8 Å². The molecule has 1 aromatic rings. The summed E-state index contributed by atoms with van der Waals surface area (Å²) >= 11 is 0. The summed E-state index contributed by atoms with van der Waals surface area (Å²) in [5.74, 6) is 0.620. The van der Waals surface area contributed by atoms with Crippen molar-refractivity contribution in [2.45, 2.75) is 32.9 Å². The van der Waals surface area contributed by atoms with Crippen molar-refractivity contribution in [3.05, 3.63) is 34.9 Å². The van der Waals surface area contributed by atoms with Crippen LogP contribution in [0.25, 0.3) is 0 Å². The molecule has 0 bridgehead atoms. The minimum absolute atomic E-state index is 0.125. The molecule has 0 radical (unpaired) electrons. The van der Waals surface area contributed by atoms with Crippen LogP contribution < -0.4 is 5.32 Å². The van der Waals surface area contributed by atoms with E-state index >= 15 is 0 Å². The van der Waals surface area contributed by atoms with Gasteiger partial charge in [-0.05, 0) is 31.4 Å². The van der Waals surface area contributed by atoms with Crippen LogP contribution >= 0.6 is 0 Å². The standard InChI is InChI=1S/C13H19NO2S/c1-10-3-4-11(2)12(7-10)8-14-13-5-6-17(15,16)9-13/h3-4,7,13-14H,5-6,8-9H2,1-2H3. The zero-order valence-electron chi connectivity index (χ0n) is 10.4. The number of rotatable bonds is 3. The Balaban J connectivity index is 1.97. The van der Waals surface area contributed by atoms with Gasteiger partial charge in [-0.25, -0.2) is 8.42 Å². The van der Waals surface area contributed by atoms with E-state index in [2.05, 4.69) is 37.4 Å². The minimum Gasteiger partial charge on any atom is -0.309 e. The predicted molar refractivity (Wildman–Crippen MR) is 69.8 cm³/mol. The first kappa shape index (κ1) is 12.6. The van der Waals surface area contributed by atoms with Gasteiger partial charge in [0.05, 0.1) is 11.5 Å². The average Bonchev–Trinajstić information content (AvgIpc) is 2.60. The molecular formula is C13H19NO2S. The molecule has 0 spiro atoms. The van der Waals surface area contributed by atoms with E-state index in [1.165, 1.54) is 16.7 Å². The molecule has 1 heterocycles. The van der Waals surface area contributed by atoms with Crippen molar-refractivity contribution in [2.24, 2.45) is 0 Å². The van der Waals surface area contributed by atoms with E-state index < -0.39 is 9.84 Å². The molecule has 3 nitrogen and oxygen atoms in total.